The molecule has 0 aliphatic heterocycles. The third-order valence-corrected chi connectivity index (χ3v) is 0. The second-order valence-corrected chi connectivity index (χ2v) is 3.12. The summed E-state index contributed by atoms with van der Waals surface area (Å²) in [7, 11) is 0. The second kappa shape index (κ2) is 5.88. The zero-order valence-corrected chi connectivity index (χ0v) is 7.88. The van der Waals surface area contributed by atoms with Gasteiger partial charge in [0.1, 0.15) is 0 Å². The third-order valence-electron chi connectivity index (χ3n) is 0. The largest absolute Gasteiger partial charge is 4.00 e. The predicted molar refractivity (Wildman–Crippen MR) is 8.50 cm³/mol. The molecule has 0 bridgehead atoms. The van der Waals surface area contributed by atoms with Crippen LogP contribution in [0.5, 0.6) is 0 Å². The molecule has 0 aromatic rings. The van der Waals surface area contributed by atoms with Gasteiger partial charge in [-0.2, -0.15) is 0 Å². The van der Waals surface area contributed by atoms with Crippen LogP contribution in [0.1, 0.15) is 0 Å². The van der Waals surface area contributed by atoms with E-state index in [9.17, 15) is 0 Å². The molecule has 11 heteroatoms. The van der Waals surface area contributed by atoms with Crippen molar-refractivity contribution < 1.29 is 58.8 Å². The van der Waals surface area contributed by atoms with E-state index in [0.29, 0.717) is 0 Å². The Morgan fingerprint density at radius 2 is 0.636 bits per heavy atom. The van der Waals surface area contributed by atoms with Crippen molar-refractivity contribution in [1.29, 1.82) is 0 Å². The molecule has 0 saturated heterocycles. The molecule has 0 N–H and O–H groups in total. The minimum Gasteiger partial charge on any atom is 4.00 e. The molecule has 11 heavy (non-hydrogen) atoms. The van der Waals surface area contributed by atoms with Crippen LogP contribution in [0.15, 0.2) is 0 Å². The van der Waals surface area contributed by atoms with Crippen LogP contribution in [0.2, 0.25) is 0 Å². The molecule has 0 atom stereocenters. The minimum absolute atomic E-state index is 0. The molecular weight excluding hydrogens is 266 g/mol. The summed E-state index contributed by atoms with van der Waals surface area (Å²) in [6.45, 7) is 0. The zero-order chi connectivity index (χ0) is 9.00. The van der Waals surface area contributed by atoms with Gasteiger partial charge in [0.2, 0.25) is 0 Å². The quantitative estimate of drug-likeness (QED) is 0.392. The summed E-state index contributed by atoms with van der Waals surface area (Å²) in [6.07, 6.45) is 0. The summed E-state index contributed by atoms with van der Waals surface area (Å²) in [6, 6.07) is 0. The molecule has 0 heterocycles. The van der Waals surface area contributed by atoms with Crippen LogP contribution in [0.25, 0.3) is 0 Å². The van der Waals surface area contributed by atoms with Gasteiger partial charge in [0.05, 0.1) is 0 Å². The molecule has 0 spiro atoms. The topological polar surface area (TPSA) is 161 Å². The maximum absolute atomic E-state index is 8.58. The van der Waals surface area contributed by atoms with Crippen molar-refractivity contribution in [2.24, 2.45) is 0 Å². The van der Waals surface area contributed by atoms with E-state index in [1.807, 2.05) is 0 Å². The van der Waals surface area contributed by atoms with Crippen molar-refractivity contribution in [3.05, 3.63) is 0 Å². The molecule has 0 saturated carbocycles. The van der Waals surface area contributed by atoms with E-state index in [4.69, 9.17) is 32.1 Å². The average Bonchev–Trinajstić information content (AvgIpc) is 1.12. The standard InChI is InChI=1S/2Mn.8O.Si/q;;;;;;4*-1;+4. The smallest absolute Gasteiger partial charge is 4.00 e. The summed E-state index contributed by atoms with van der Waals surface area (Å²) in [4.78, 5) is 0. The Morgan fingerprint density at radius 1 is 0.636 bits per heavy atom. The minimum atomic E-state index is -5.62. The molecule has 0 unspecified atom stereocenters. The van der Waals surface area contributed by atoms with Crippen LogP contribution < -0.4 is 16.8 Å². The van der Waals surface area contributed by atoms with E-state index in [1.54, 1.807) is 0 Å². The number of rotatable bonds is 0. The van der Waals surface area contributed by atoms with Crippen LogP contribution in [0.3, 0.4) is 0 Å². The summed E-state index contributed by atoms with van der Waals surface area (Å²) in [5.41, 5.74) is 0. The van der Waals surface area contributed by atoms with Gasteiger partial charge in [-0.25, -0.2) is 0 Å². The zero-order valence-electron chi connectivity index (χ0n) is 4.52. The molecule has 0 aromatic heterocycles. The van der Waals surface area contributed by atoms with E-state index in [1.165, 1.54) is 0 Å². The Bertz CT molecular complexity index is 208. The monoisotopic (exact) mass is 266 g/mol. The van der Waals surface area contributed by atoms with Crippen molar-refractivity contribution in [2.75, 3.05) is 0 Å². The molecule has 0 aliphatic rings. The van der Waals surface area contributed by atoms with Gasteiger partial charge in [-0.15, -0.1) is 0 Å². The van der Waals surface area contributed by atoms with Crippen LogP contribution in [0, 0.1) is 0 Å². The van der Waals surface area contributed by atoms with E-state index in [-0.39, 0.29) is 11.0 Å². The van der Waals surface area contributed by atoms with Crippen molar-refractivity contribution in [3.63, 3.8) is 0 Å². The second-order valence-electron chi connectivity index (χ2n) is 0.756. The molecule has 0 radical (unpaired) electrons. The Hall–Kier alpha value is 0.296. The number of hydrogen-bond acceptors (Lipinski definition) is 8. The van der Waals surface area contributed by atoms with Crippen molar-refractivity contribution in [2.45, 2.75) is 0 Å². The van der Waals surface area contributed by atoms with Gasteiger partial charge in [-0.1, -0.05) is 0 Å². The SMILES string of the molecule is [O]=[Mn](=[O])([O-])[O-].[O]=[Mn](=[O])([O-])[O-].[Si+4]. The summed E-state index contributed by atoms with van der Waals surface area (Å²) in [5, 5.41) is 0. The molecule has 0 aliphatic carbocycles. The average molecular weight is 266 g/mol. The maximum atomic E-state index is 8.58. The fraction of sp³-hybridized carbons (Fsp3) is 0. The van der Waals surface area contributed by atoms with E-state index < -0.39 is 26.7 Å². The molecule has 0 rings (SSSR count). The Kier molecular flexibility index (Phi) is 9.31. The predicted octanol–water partition coefficient (Wildman–Crippen LogP) is -5.62. The molecule has 0 fully saturated rings. The van der Waals surface area contributed by atoms with Gasteiger partial charge in [-0.05, 0) is 0 Å². The van der Waals surface area contributed by atoms with Crippen LogP contribution >= 0.6 is 0 Å². The third kappa shape index (κ3) is 8100. The molecule has 8 nitrogen and oxygen atoms in total. The number of hydrogen-bond donors (Lipinski definition) is 0. The van der Waals surface area contributed by atoms with Gasteiger partial charge in [0.15, 0.2) is 0 Å². The first kappa shape index (κ1) is 17.4. The Labute approximate surface area is 70.1 Å². The summed E-state index contributed by atoms with van der Waals surface area (Å²) >= 11 is -11.2. The molecular formula is Mn2O8Si. The molecule has 0 aromatic carbocycles. The Morgan fingerprint density at radius 3 is 0.636 bits per heavy atom. The van der Waals surface area contributed by atoms with Gasteiger partial charge < -0.3 is 0 Å². The fourth-order valence-corrected chi connectivity index (χ4v) is 0. The van der Waals surface area contributed by atoms with E-state index >= 15 is 0 Å². The van der Waals surface area contributed by atoms with Crippen molar-refractivity contribution >= 4 is 11.0 Å². The van der Waals surface area contributed by atoms with E-state index in [2.05, 4.69) is 0 Å². The first-order valence-electron chi connectivity index (χ1n) is 1.23. The van der Waals surface area contributed by atoms with Gasteiger partial charge >= 0.3 is 69.8 Å². The van der Waals surface area contributed by atoms with Crippen LogP contribution in [-0.2, 0) is 42.1 Å². The van der Waals surface area contributed by atoms with E-state index in [0.717, 1.165) is 0 Å². The molecule has 0 amide bonds. The first-order valence-corrected chi connectivity index (χ1v) is 5.09. The molecule has 66 valence electrons. The van der Waals surface area contributed by atoms with Gasteiger partial charge in [0, 0.05) is 0 Å². The first-order chi connectivity index (χ1) is 4.00. The maximum Gasteiger partial charge on any atom is 4.00 e. The Balaban J connectivity index is -0.000000107. The summed E-state index contributed by atoms with van der Waals surface area (Å²) in [5.74, 6) is 0. The fourth-order valence-electron chi connectivity index (χ4n) is 0. The van der Waals surface area contributed by atoms with Crippen molar-refractivity contribution in [3.8, 4) is 0 Å². The van der Waals surface area contributed by atoms with Crippen LogP contribution in [0.4, 0.5) is 0 Å². The summed E-state index contributed by atoms with van der Waals surface area (Å²) < 4.78 is 68.6. The van der Waals surface area contributed by atoms with Gasteiger partial charge in [0.25, 0.3) is 0 Å². The van der Waals surface area contributed by atoms with Gasteiger partial charge in [-0.3, -0.25) is 0 Å². The van der Waals surface area contributed by atoms with Crippen molar-refractivity contribution in [1.82, 2.24) is 0 Å². The normalized spacial score (nSPS) is 10.5. The van der Waals surface area contributed by atoms with Crippen LogP contribution in [-0.4, -0.2) is 11.0 Å².